The Balaban J connectivity index is 3.02. The van der Waals surface area contributed by atoms with Gasteiger partial charge in [-0.3, -0.25) is 9.59 Å². The number of carbonyl (C=O) groups is 2. The molecule has 0 radical (unpaired) electrons. The highest BCUT2D eigenvalue weighted by molar-refractivity contribution is 8.13. The van der Waals surface area contributed by atoms with Crippen molar-refractivity contribution in [3.63, 3.8) is 0 Å². The summed E-state index contributed by atoms with van der Waals surface area (Å²) in [6.45, 7) is 1.91. The van der Waals surface area contributed by atoms with Crippen LogP contribution in [0.4, 0.5) is 8.78 Å². The van der Waals surface area contributed by atoms with Crippen molar-refractivity contribution in [2.45, 2.75) is 31.1 Å². The van der Waals surface area contributed by atoms with Crippen molar-refractivity contribution in [3.05, 3.63) is 39.8 Å². The van der Waals surface area contributed by atoms with E-state index < -0.39 is 23.1 Å². The lowest BCUT2D eigenvalue weighted by molar-refractivity contribution is -0.111. The van der Waals surface area contributed by atoms with Crippen molar-refractivity contribution in [3.8, 4) is 0 Å². The van der Waals surface area contributed by atoms with Gasteiger partial charge in [-0.15, -0.1) is 0 Å². The molecule has 0 heterocycles. The van der Waals surface area contributed by atoms with Crippen molar-refractivity contribution in [2.75, 3.05) is 0 Å². The zero-order valence-electron chi connectivity index (χ0n) is 10.6. The molecule has 1 amide bonds. The van der Waals surface area contributed by atoms with Gasteiger partial charge in [-0.2, -0.15) is 0 Å². The third-order valence-corrected chi connectivity index (χ3v) is 3.31. The monoisotopic (exact) mass is 299 g/mol. The van der Waals surface area contributed by atoms with Gasteiger partial charge >= 0.3 is 0 Å². The third kappa shape index (κ3) is 4.32. The third-order valence-electron chi connectivity index (χ3n) is 2.35. The minimum absolute atomic E-state index is 0.163. The Hall–Kier alpha value is -1.92. The Kier molecular flexibility index (Phi) is 6.14. The highest BCUT2D eigenvalue weighted by atomic mass is 32.2. The molecule has 1 rings (SSSR count). The summed E-state index contributed by atoms with van der Waals surface area (Å²) in [5.41, 5.74) is 7.58. The van der Waals surface area contributed by atoms with Crippen molar-refractivity contribution in [1.29, 1.82) is 0 Å². The maximum Gasteiger partial charge on any atom is 0.252 e. The standard InChI is InChI=1S/C12H11F2N3O2S/c1-2-3-4-11(18)20-10-5-7(12(19)16-17-15)8(13)6-9(10)14/h5-6H,2-4H2,1H3. The number of carbonyl (C=O) groups excluding carboxylic acids is 2. The van der Waals surface area contributed by atoms with E-state index in [4.69, 9.17) is 5.53 Å². The summed E-state index contributed by atoms with van der Waals surface area (Å²) in [7, 11) is 0. The molecule has 0 atom stereocenters. The lowest BCUT2D eigenvalue weighted by Gasteiger charge is -2.05. The fraction of sp³-hybridized carbons (Fsp3) is 0.333. The van der Waals surface area contributed by atoms with Gasteiger partial charge in [-0.05, 0) is 34.9 Å². The lowest BCUT2D eigenvalue weighted by Crippen LogP contribution is -2.01. The maximum absolute atomic E-state index is 13.5. The number of amides is 1. The molecule has 0 bridgehead atoms. The summed E-state index contributed by atoms with van der Waals surface area (Å²) in [4.78, 5) is 24.9. The summed E-state index contributed by atoms with van der Waals surface area (Å²) in [6.07, 6.45) is 1.75. The number of nitrogens with zero attached hydrogens (tertiary/aromatic N) is 3. The van der Waals surface area contributed by atoms with Gasteiger partial charge in [0, 0.05) is 17.4 Å². The molecule has 0 aliphatic rings. The first kappa shape index (κ1) is 16.1. The molecule has 106 valence electrons. The van der Waals surface area contributed by atoms with Crippen molar-refractivity contribution >= 4 is 22.8 Å². The molecule has 20 heavy (non-hydrogen) atoms. The van der Waals surface area contributed by atoms with E-state index in [9.17, 15) is 18.4 Å². The van der Waals surface area contributed by atoms with Gasteiger partial charge in [-0.1, -0.05) is 13.3 Å². The van der Waals surface area contributed by atoms with E-state index >= 15 is 0 Å². The smallest absolute Gasteiger partial charge is 0.252 e. The van der Waals surface area contributed by atoms with E-state index in [2.05, 4.69) is 10.0 Å². The summed E-state index contributed by atoms with van der Waals surface area (Å²) in [6, 6.07) is 1.38. The van der Waals surface area contributed by atoms with Crippen LogP contribution in [-0.4, -0.2) is 11.0 Å². The molecular formula is C12H11F2N3O2S. The largest absolute Gasteiger partial charge is 0.287 e. The van der Waals surface area contributed by atoms with Crippen molar-refractivity contribution < 1.29 is 18.4 Å². The number of hydrogen-bond acceptors (Lipinski definition) is 3. The van der Waals surface area contributed by atoms with Gasteiger partial charge in [0.15, 0.2) is 5.12 Å². The van der Waals surface area contributed by atoms with Crippen LogP contribution in [0.2, 0.25) is 0 Å². The van der Waals surface area contributed by atoms with Crippen LogP contribution in [0.3, 0.4) is 0 Å². The number of benzene rings is 1. The minimum atomic E-state index is -1.16. The topological polar surface area (TPSA) is 82.9 Å². The molecule has 0 saturated heterocycles. The Morgan fingerprint density at radius 2 is 2.05 bits per heavy atom. The number of azide groups is 1. The van der Waals surface area contributed by atoms with Crippen molar-refractivity contribution in [2.24, 2.45) is 5.11 Å². The fourth-order valence-corrected chi connectivity index (χ4v) is 2.19. The summed E-state index contributed by atoms with van der Waals surface area (Å²) in [5, 5.41) is 2.46. The molecule has 0 N–H and O–H groups in total. The Labute approximate surface area is 118 Å². The predicted molar refractivity (Wildman–Crippen MR) is 70.2 cm³/mol. The molecule has 1 aromatic carbocycles. The molecule has 0 aromatic heterocycles. The highest BCUT2D eigenvalue weighted by Crippen LogP contribution is 2.27. The number of unbranched alkanes of at least 4 members (excludes halogenated alkanes) is 1. The van der Waals surface area contributed by atoms with E-state index in [1.165, 1.54) is 0 Å². The zero-order valence-corrected chi connectivity index (χ0v) is 11.4. The van der Waals surface area contributed by atoms with Crippen LogP contribution in [0.25, 0.3) is 10.4 Å². The van der Waals surface area contributed by atoms with Crippen LogP contribution < -0.4 is 0 Å². The second kappa shape index (κ2) is 7.62. The van der Waals surface area contributed by atoms with Gasteiger partial charge in [0.05, 0.1) is 10.5 Å². The summed E-state index contributed by atoms with van der Waals surface area (Å²) >= 11 is 0.601. The average molecular weight is 299 g/mol. The van der Waals surface area contributed by atoms with Crippen LogP contribution in [-0.2, 0) is 4.79 Å². The Bertz CT molecular complexity index is 586. The number of thioether (sulfide) groups is 1. The molecule has 0 spiro atoms. The molecule has 8 heteroatoms. The molecule has 0 aliphatic heterocycles. The first-order valence-corrected chi connectivity index (χ1v) is 6.60. The normalized spacial score (nSPS) is 9.95. The Morgan fingerprint density at radius 1 is 1.35 bits per heavy atom. The first-order valence-electron chi connectivity index (χ1n) is 5.78. The zero-order chi connectivity index (χ0) is 15.1. The van der Waals surface area contributed by atoms with Gasteiger partial charge in [0.2, 0.25) is 0 Å². The van der Waals surface area contributed by atoms with Crippen LogP contribution in [0.5, 0.6) is 0 Å². The molecule has 0 unspecified atom stereocenters. The van der Waals surface area contributed by atoms with Gasteiger partial charge in [0.25, 0.3) is 5.91 Å². The van der Waals surface area contributed by atoms with E-state index in [0.717, 1.165) is 12.5 Å². The van der Waals surface area contributed by atoms with Crippen LogP contribution >= 0.6 is 11.8 Å². The lowest BCUT2D eigenvalue weighted by atomic mass is 10.2. The molecule has 0 aliphatic carbocycles. The highest BCUT2D eigenvalue weighted by Gasteiger charge is 2.17. The average Bonchev–Trinajstić information content (AvgIpc) is 2.39. The fourth-order valence-electron chi connectivity index (χ4n) is 1.36. The van der Waals surface area contributed by atoms with Gasteiger partial charge < -0.3 is 0 Å². The Morgan fingerprint density at radius 3 is 2.65 bits per heavy atom. The van der Waals surface area contributed by atoms with E-state index in [1.54, 1.807) is 0 Å². The van der Waals surface area contributed by atoms with Crippen molar-refractivity contribution in [1.82, 2.24) is 0 Å². The van der Waals surface area contributed by atoms with Gasteiger partial charge in [-0.25, -0.2) is 8.78 Å². The van der Waals surface area contributed by atoms with Crippen LogP contribution in [0, 0.1) is 11.6 Å². The second-order valence-corrected chi connectivity index (χ2v) is 4.93. The summed E-state index contributed by atoms with van der Waals surface area (Å²) in [5.74, 6) is -3.23. The van der Waals surface area contributed by atoms with E-state index in [-0.39, 0.29) is 16.4 Å². The molecule has 5 nitrogen and oxygen atoms in total. The predicted octanol–water partition coefficient (Wildman–Crippen LogP) is 4.22. The molecule has 1 aromatic rings. The quantitative estimate of drug-likeness (QED) is 0.353. The molecule has 0 fully saturated rings. The van der Waals surface area contributed by atoms with Crippen LogP contribution in [0.15, 0.2) is 22.1 Å². The van der Waals surface area contributed by atoms with Gasteiger partial charge in [0.1, 0.15) is 11.6 Å². The number of hydrogen-bond donors (Lipinski definition) is 0. The molecule has 0 saturated carbocycles. The van der Waals surface area contributed by atoms with Crippen LogP contribution in [0.1, 0.15) is 36.5 Å². The molecular weight excluding hydrogens is 288 g/mol. The minimum Gasteiger partial charge on any atom is -0.287 e. The second-order valence-electron chi connectivity index (χ2n) is 3.83. The summed E-state index contributed by atoms with van der Waals surface area (Å²) < 4.78 is 26.9. The maximum atomic E-state index is 13.5. The van der Waals surface area contributed by atoms with E-state index in [0.29, 0.717) is 24.2 Å². The SMILES string of the molecule is CCCCC(=O)Sc1cc(C(=O)N=[N+]=[N-])c(F)cc1F. The number of rotatable bonds is 5. The number of halogens is 2. The van der Waals surface area contributed by atoms with E-state index in [1.807, 2.05) is 6.92 Å². The first-order chi connectivity index (χ1) is 9.49.